The number of hydrogen-bond donors (Lipinski definition) is 0. The number of thiazole rings is 1. The van der Waals surface area contributed by atoms with Gasteiger partial charge in [0.05, 0.1) is 42.7 Å². The van der Waals surface area contributed by atoms with Crippen LogP contribution in [0.2, 0.25) is 0 Å². The van der Waals surface area contributed by atoms with Crippen molar-refractivity contribution in [3.63, 3.8) is 0 Å². The number of fused-ring (bicyclic) bond motifs is 1. The van der Waals surface area contributed by atoms with Gasteiger partial charge in [-0.2, -0.15) is 0 Å². The van der Waals surface area contributed by atoms with Gasteiger partial charge in [0.2, 0.25) is 0 Å². The second kappa shape index (κ2) is 10.2. The third-order valence-electron chi connectivity index (χ3n) is 5.73. The van der Waals surface area contributed by atoms with E-state index in [-0.39, 0.29) is 12.2 Å². The summed E-state index contributed by atoms with van der Waals surface area (Å²) in [5, 5.41) is 0. The number of aryl methyl sites for hydroxylation is 1. The maximum Gasteiger partial charge on any atom is 0.338 e. The van der Waals surface area contributed by atoms with E-state index in [9.17, 15) is 9.59 Å². The van der Waals surface area contributed by atoms with E-state index in [0.29, 0.717) is 37.7 Å². The fourth-order valence-electron chi connectivity index (χ4n) is 3.98. The lowest BCUT2D eigenvalue weighted by molar-refractivity contribution is -0.139. The highest BCUT2D eigenvalue weighted by atomic mass is 79.9. The van der Waals surface area contributed by atoms with Gasteiger partial charge < -0.3 is 14.2 Å². The Bertz CT molecular complexity index is 1520. The van der Waals surface area contributed by atoms with E-state index in [4.69, 9.17) is 14.2 Å². The number of allylic oxidation sites excluding steroid dienone is 1. The van der Waals surface area contributed by atoms with Crippen LogP contribution in [0.4, 0.5) is 0 Å². The van der Waals surface area contributed by atoms with Crippen LogP contribution in [0.5, 0.6) is 11.5 Å². The van der Waals surface area contributed by atoms with Crippen LogP contribution in [0.1, 0.15) is 36.6 Å². The number of hydrogen-bond acceptors (Lipinski definition) is 7. The Morgan fingerprint density at radius 2 is 1.89 bits per heavy atom. The Kier molecular flexibility index (Phi) is 7.28. The minimum Gasteiger partial charge on any atom is -0.493 e. The predicted molar refractivity (Wildman–Crippen MR) is 139 cm³/mol. The Labute approximate surface area is 215 Å². The van der Waals surface area contributed by atoms with Crippen LogP contribution in [0.15, 0.2) is 61.9 Å². The summed E-state index contributed by atoms with van der Waals surface area (Å²) in [4.78, 5) is 31.9. The molecule has 2 aromatic carbocycles. The number of aromatic nitrogens is 1. The molecule has 3 aromatic rings. The van der Waals surface area contributed by atoms with Crippen molar-refractivity contribution in [3.8, 4) is 11.5 Å². The van der Waals surface area contributed by atoms with Crippen LogP contribution in [0.3, 0.4) is 0 Å². The molecule has 35 heavy (non-hydrogen) atoms. The summed E-state index contributed by atoms with van der Waals surface area (Å²) in [7, 11) is 3.10. The van der Waals surface area contributed by atoms with Crippen molar-refractivity contribution in [1.29, 1.82) is 0 Å². The summed E-state index contributed by atoms with van der Waals surface area (Å²) < 4.78 is 19.2. The van der Waals surface area contributed by atoms with Gasteiger partial charge in [-0.05, 0) is 61.7 Å². The molecule has 0 saturated heterocycles. The van der Waals surface area contributed by atoms with E-state index in [2.05, 4.69) is 20.9 Å². The topological polar surface area (TPSA) is 79.1 Å². The number of methoxy groups -OCH3 is 2. The molecular formula is C26H25BrN2O5S. The van der Waals surface area contributed by atoms with Gasteiger partial charge in [0.1, 0.15) is 0 Å². The molecule has 0 unspecified atom stereocenters. The van der Waals surface area contributed by atoms with Gasteiger partial charge in [0.15, 0.2) is 16.3 Å². The number of carbonyl (C=O) groups is 1. The van der Waals surface area contributed by atoms with E-state index >= 15 is 0 Å². The molecule has 4 rings (SSSR count). The molecule has 0 spiro atoms. The maximum atomic E-state index is 13.7. The second-order valence-corrected chi connectivity index (χ2v) is 9.79. The number of rotatable bonds is 6. The lowest BCUT2D eigenvalue weighted by Gasteiger charge is -2.25. The van der Waals surface area contributed by atoms with Crippen LogP contribution in [0, 0.1) is 6.92 Å². The van der Waals surface area contributed by atoms with Crippen LogP contribution < -0.4 is 24.4 Å². The van der Waals surface area contributed by atoms with Crippen molar-refractivity contribution < 1.29 is 19.0 Å². The molecule has 1 aliphatic heterocycles. The third kappa shape index (κ3) is 4.70. The lowest BCUT2D eigenvalue weighted by Crippen LogP contribution is -2.39. The third-order valence-corrected chi connectivity index (χ3v) is 7.57. The average molecular weight is 557 g/mol. The Morgan fingerprint density at radius 1 is 1.14 bits per heavy atom. The van der Waals surface area contributed by atoms with Gasteiger partial charge in [0.25, 0.3) is 5.56 Å². The van der Waals surface area contributed by atoms with Gasteiger partial charge in [0, 0.05) is 4.47 Å². The minimum absolute atomic E-state index is 0.209. The number of benzene rings is 2. The first-order valence-electron chi connectivity index (χ1n) is 11.0. The van der Waals surface area contributed by atoms with Gasteiger partial charge in [-0.25, -0.2) is 9.79 Å². The molecule has 1 aliphatic rings. The van der Waals surface area contributed by atoms with E-state index in [0.717, 1.165) is 15.6 Å². The number of ether oxygens (including phenoxy) is 3. The van der Waals surface area contributed by atoms with Gasteiger partial charge >= 0.3 is 5.97 Å². The molecule has 182 valence electrons. The summed E-state index contributed by atoms with van der Waals surface area (Å²) in [5.41, 5.74) is 3.26. The quantitative estimate of drug-likeness (QED) is 0.430. The fourth-order valence-corrected chi connectivity index (χ4v) is 5.42. The first-order chi connectivity index (χ1) is 16.8. The van der Waals surface area contributed by atoms with Gasteiger partial charge in [-0.1, -0.05) is 45.5 Å². The Hall–Kier alpha value is -3.17. The lowest BCUT2D eigenvalue weighted by atomic mass is 9.95. The number of esters is 1. The average Bonchev–Trinajstić information content (AvgIpc) is 3.14. The summed E-state index contributed by atoms with van der Waals surface area (Å²) in [6, 6.07) is 10.5. The van der Waals surface area contributed by atoms with Gasteiger partial charge in [-0.3, -0.25) is 9.36 Å². The van der Waals surface area contributed by atoms with Crippen LogP contribution in [-0.2, 0) is 9.53 Å². The highest BCUT2D eigenvalue weighted by molar-refractivity contribution is 9.10. The fraction of sp³-hybridized carbons (Fsp3) is 0.269. The molecule has 1 aromatic heterocycles. The molecule has 0 bridgehead atoms. The predicted octanol–water partition coefficient (Wildman–Crippen LogP) is 3.89. The first kappa shape index (κ1) is 24.9. The highest BCUT2D eigenvalue weighted by Crippen LogP contribution is 2.36. The molecular weight excluding hydrogens is 532 g/mol. The minimum atomic E-state index is -0.725. The molecule has 2 heterocycles. The second-order valence-electron chi connectivity index (χ2n) is 7.93. The van der Waals surface area contributed by atoms with Crippen LogP contribution in [-0.4, -0.2) is 31.4 Å². The summed E-state index contributed by atoms with van der Waals surface area (Å²) in [6.45, 7) is 5.72. The van der Waals surface area contributed by atoms with E-state index in [1.165, 1.54) is 11.3 Å². The Morgan fingerprint density at radius 3 is 2.54 bits per heavy atom. The molecule has 0 amide bonds. The molecule has 0 N–H and O–H groups in total. The smallest absolute Gasteiger partial charge is 0.338 e. The van der Waals surface area contributed by atoms with Crippen molar-refractivity contribution in [3.05, 3.63) is 88.5 Å². The zero-order chi connectivity index (χ0) is 25.3. The molecule has 1 atom stereocenters. The zero-order valence-electron chi connectivity index (χ0n) is 20.0. The first-order valence-corrected chi connectivity index (χ1v) is 12.6. The normalized spacial score (nSPS) is 15.5. The van der Waals surface area contributed by atoms with Crippen molar-refractivity contribution >= 4 is 39.3 Å². The summed E-state index contributed by atoms with van der Waals surface area (Å²) >= 11 is 4.83. The van der Waals surface area contributed by atoms with E-state index in [1.54, 1.807) is 44.8 Å². The van der Waals surface area contributed by atoms with E-state index < -0.39 is 12.0 Å². The van der Waals surface area contributed by atoms with Crippen molar-refractivity contribution in [1.82, 2.24) is 4.57 Å². The number of carbonyl (C=O) groups excluding carboxylic acids is 1. The van der Waals surface area contributed by atoms with Crippen LogP contribution in [0.25, 0.3) is 6.08 Å². The van der Waals surface area contributed by atoms with Crippen LogP contribution >= 0.6 is 27.3 Å². The molecule has 0 radical (unpaired) electrons. The molecule has 9 heteroatoms. The molecule has 0 aliphatic carbocycles. The SMILES string of the molecule is CCOC(=O)C1=C(C)N=c2s/c(=C\c3ccc(C)c(Br)c3)c(=O)n2[C@@H]1c1ccc(OC)c(OC)c1. The summed E-state index contributed by atoms with van der Waals surface area (Å²) in [5.74, 6) is 0.534. The maximum absolute atomic E-state index is 13.7. The van der Waals surface area contributed by atoms with E-state index in [1.807, 2.05) is 37.3 Å². The van der Waals surface area contributed by atoms with Crippen molar-refractivity contribution in [2.75, 3.05) is 20.8 Å². The number of nitrogens with zero attached hydrogens (tertiary/aromatic N) is 2. The monoisotopic (exact) mass is 556 g/mol. The Balaban J connectivity index is 1.97. The van der Waals surface area contributed by atoms with Crippen molar-refractivity contribution in [2.45, 2.75) is 26.8 Å². The summed E-state index contributed by atoms with van der Waals surface area (Å²) in [6.07, 6.45) is 1.84. The molecule has 0 saturated carbocycles. The largest absolute Gasteiger partial charge is 0.493 e. The standard InChI is InChI=1S/C26H25BrN2O5S/c1-6-34-25(31)22-15(3)28-26-29(23(22)17-9-10-19(32-4)20(13-17)33-5)24(30)21(35-26)12-16-8-7-14(2)18(27)11-16/h7-13,23H,6H2,1-5H3/b21-12-/t23-/m1/s1. The number of halogens is 1. The zero-order valence-corrected chi connectivity index (χ0v) is 22.5. The van der Waals surface area contributed by atoms with Crippen molar-refractivity contribution in [2.24, 2.45) is 4.99 Å². The molecule has 0 fully saturated rings. The molecule has 7 nitrogen and oxygen atoms in total. The van der Waals surface area contributed by atoms with Gasteiger partial charge in [-0.15, -0.1) is 0 Å². The highest BCUT2D eigenvalue weighted by Gasteiger charge is 2.33.